The Morgan fingerprint density at radius 3 is 2.54 bits per heavy atom. The molecule has 1 saturated heterocycles. The van der Waals surface area contributed by atoms with Gasteiger partial charge in [-0.2, -0.15) is 0 Å². The van der Waals surface area contributed by atoms with E-state index in [1.54, 1.807) is 19.3 Å². The average molecular weight is 765 g/mol. The maximum absolute atomic E-state index is 14.7. The van der Waals surface area contributed by atoms with Crippen LogP contribution in [0.5, 0.6) is 11.6 Å². The van der Waals surface area contributed by atoms with Crippen LogP contribution in [0.3, 0.4) is 0 Å². The van der Waals surface area contributed by atoms with Crippen molar-refractivity contribution in [3.63, 3.8) is 0 Å². The van der Waals surface area contributed by atoms with Gasteiger partial charge in [-0.15, -0.1) is 6.58 Å². The molecule has 0 radical (unpaired) electrons. The zero-order chi connectivity index (χ0) is 38.6. The van der Waals surface area contributed by atoms with E-state index in [0.29, 0.717) is 53.5 Å². The second kappa shape index (κ2) is 14.5. The fourth-order valence-electron chi connectivity index (χ4n) is 8.23. The van der Waals surface area contributed by atoms with Crippen molar-refractivity contribution in [3.8, 4) is 11.6 Å². The summed E-state index contributed by atoms with van der Waals surface area (Å²) in [5, 5.41) is -0.606. The standard InChI is InChI=1S/C40H52N4O9S/c1-6-24-20-40(24,38(48)43-54(49,50)27-13-14-27)21-33(45)32-18-26-22-44(32)37(47)28(39(2,3)4)19-35(46)53-34-16-23(34)10-8-7-9-11-30-36(52-26)42-31-17-25(51-5)12-15-29(31)41-30/h6,12,15,17,23-24,26-28,32,34H,1,7-11,13-14,16,18-22H2,2-5H3,(H,43,48)/t23-,24-,26-,28-,32+,34?,40-/m1/s1. The molecule has 292 valence electrons. The lowest BCUT2D eigenvalue weighted by Gasteiger charge is -2.34. The van der Waals surface area contributed by atoms with Crippen molar-refractivity contribution in [2.45, 2.75) is 121 Å². The number of aromatic nitrogens is 2. The maximum Gasteiger partial charge on any atom is 0.306 e. The Morgan fingerprint density at radius 1 is 1.07 bits per heavy atom. The van der Waals surface area contributed by atoms with E-state index in [1.807, 2.05) is 32.9 Å². The molecule has 2 bridgehead atoms. The van der Waals surface area contributed by atoms with Gasteiger partial charge in [0.25, 0.3) is 0 Å². The minimum atomic E-state index is -3.85. The van der Waals surface area contributed by atoms with Gasteiger partial charge in [-0.25, -0.2) is 18.4 Å². The Hall–Kier alpha value is -4.07. The van der Waals surface area contributed by atoms with E-state index in [2.05, 4.69) is 11.3 Å². The van der Waals surface area contributed by atoms with Crippen LogP contribution in [0.15, 0.2) is 30.9 Å². The number of hydrogen-bond donors (Lipinski definition) is 1. The molecule has 3 aliphatic carbocycles. The topological polar surface area (TPSA) is 171 Å². The summed E-state index contributed by atoms with van der Waals surface area (Å²) in [6.07, 6.45) is 6.87. The molecule has 13 nitrogen and oxygen atoms in total. The first-order valence-electron chi connectivity index (χ1n) is 19.3. The van der Waals surface area contributed by atoms with E-state index in [9.17, 15) is 27.6 Å². The monoisotopic (exact) mass is 764 g/mol. The summed E-state index contributed by atoms with van der Waals surface area (Å²) in [5.41, 5.74) is 0.0149. The number of carbonyl (C=O) groups is 4. The molecule has 1 aromatic heterocycles. The fraction of sp³-hybridized carbons (Fsp3) is 0.650. The molecule has 1 N–H and O–H groups in total. The number of methoxy groups -OCH3 is 1. The number of benzene rings is 1. The molecule has 2 aliphatic heterocycles. The summed E-state index contributed by atoms with van der Waals surface area (Å²) >= 11 is 0. The second-order valence-electron chi connectivity index (χ2n) is 17.1. The highest BCUT2D eigenvalue weighted by Gasteiger charge is 2.61. The average Bonchev–Trinajstić information content (AvgIpc) is 4.04. The minimum Gasteiger partial charge on any atom is -0.497 e. The van der Waals surface area contributed by atoms with Gasteiger partial charge in [0.15, 0.2) is 5.78 Å². The minimum absolute atomic E-state index is 0.0407. The van der Waals surface area contributed by atoms with Crippen LogP contribution in [-0.2, 0) is 40.4 Å². The van der Waals surface area contributed by atoms with E-state index in [0.717, 1.165) is 32.1 Å². The smallest absolute Gasteiger partial charge is 0.306 e. The summed E-state index contributed by atoms with van der Waals surface area (Å²) in [7, 11) is -2.27. The lowest BCUT2D eigenvalue weighted by molar-refractivity contribution is -0.154. The van der Waals surface area contributed by atoms with E-state index in [4.69, 9.17) is 24.2 Å². The number of allylic oxidation sites excluding steroid dienone is 1. The van der Waals surface area contributed by atoms with Gasteiger partial charge in [0.2, 0.25) is 27.7 Å². The number of aryl methyl sites for hydroxylation is 1. The summed E-state index contributed by atoms with van der Waals surface area (Å²) in [6, 6.07) is 4.48. The summed E-state index contributed by atoms with van der Waals surface area (Å²) in [6.45, 7) is 9.54. The molecule has 5 aliphatic rings. The largest absolute Gasteiger partial charge is 0.497 e. The zero-order valence-electron chi connectivity index (χ0n) is 31.7. The van der Waals surface area contributed by atoms with Crippen LogP contribution in [0, 0.1) is 28.6 Å². The molecule has 3 saturated carbocycles. The number of rotatable bonds is 8. The number of hydrogen-bond acceptors (Lipinski definition) is 11. The second-order valence-corrected chi connectivity index (χ2v) is 19.0. The molecular weight excluding hydrogens is 713 g/mol. The van der Waals surface area contributed by atoms with Crippen LogP contribution in [-0.4, -0.2) is 84.0 Å². The van der Waals surface area contributed by atoms with Crippen molar-refractivity contribution < 1.29 is 41.8 Å². The number of ether oxygens (including phenoxy) is 3. The number of nitrogens with zero attached hydrogens (tertiary/aromatic N) is 3. The first-order valence-corrected chi connectivity index (χ1v) is 20.9. The third-order valence-corrected chi connectivity index (χ3v) is 13.8. The Kier molecular flexibility index (Phi) is 10.3. The Labute approximate surface area is 317 Å². The molecule has 2 amide bonds. The SMILES string of the molecule is C=C[C@@H]1C[C@]1(CC(=O)[C@@H]1C[C@@H]2CN1C(=O)[C@H](C(C)(C)C)CC(=O)OC1C[C@H]1CCCCCc1nc3ccc(OC)cc3nc1O2)C(=O)NS(=O)(=O)C1CC1. The van der Waals surface area contributed by atoms with Gasteiger partial charge in [0, 0.05) is 18.9 Å². The first-order chi connectivity index (χ1) is 25.6. The highest BCUT2D eigenvalue weighted by Crippen LogP contribution is 2.57. The lowest BCUT2D eigenvalue weighted by atomic mass is 9.77. The van der Waals surface area contributed by atoms with E-state index in [-0.39, 0.29) is 50.0 Å². The molecule has 7 rings (SSSR count). The van der Waals surface area contributed by atoms with Crippen molar-refractivity contribution in [2.75, 3.05) is 13.7 Å². The van der Waals surface area contributed by atoms with Gasteiger partial charge < -0.3 is 19.1 Å². The lowest BCUT2D eigenvalue weighted by Crippen LogP contribution is -2.48. The van der Waals surface area contributed by atoms with Crippen LogP contribution in [0.4, 0.5) is 0 Å². The number of esters is 1. The molecule has 0 spiro atoms. The Balaban J connectivity index is 1.22. The molecule has 2 aromatic rings. The van der Waals surface area contributed by atoms with Crippen LogP contribution in [0.1, 0.15) is 97.1 Å². The molecule has 14 heteroatoms. The van der Waals surface area contributed by atoms with Crippen molar-refractivity contribution >= 4 is 44.6 Å². The number of amides is 2. The number of Topliss-reactive ketones (excluding diaryl/α,β-unsaturated/α-hetero) is 1. The first kappa shape index (κ1) is 38.2. The Bertz CT molecular complexity index is 1960. The number of sulfonamides is 1. The number of nitrogens with one attached hydrogen (secondary N) is 1. The molecule has 4 fully saturated rings. The van der Waals surface area contributed by atoms with Crippen molar-refractivity contribution in [2.24, 2.45) is 28.6 Å². The van der Waals surface area contributed by atoms with E-state index in [1.165, 1.54) is 4.90 Å². The quantitative estimate of drug-likeness (QED) is 0.288. The number of fused-ring (bicyclic) bond motifs is 5. The molecule has 1 aromatic carbocycles. The normalized spacial score (nSPS) is 30.5. The molecule has 1 unspecified atom stereocenters. The summed E-state index contributed by atoms with van der Waals surface area (Å²) < 4.78 is 45.7. The predicted octanol–water partition coefficient (Wildman–Crippen LogP) is 4.85. The summed E-state index contributed by atoms with van der Waals surface area (Å²) in [4.78, 5) is 67.4. The van der Waals surface area contributed by atoms with Crippen LogP contribution >= 0.6 is 0 Å². The molecule has 7 atom stereocenters. The predicted molar refractivity (Wildman–Crippen MR) is 199 cm³/mol. The van der Waals surface area contributed by atoms with Crippen molar-refractivity contribution in [1.29, 1.82) is 0 Å². The van der Waals surface area contributed by atoms with Crippen molar-refractivity contribution in [3.05, 3.63) is 36.5 Å². The molecule has 54 heavy (non-hydrogen) atoms. The van der Waals surface area contributed by atoms with Gasteiger partial charge in [0.1, 0.15) is 23.7 Å². The maximum atomic E-state index is 14.7. The van der Waals surface area contributed by atoms with E-state index < -0.39 is 62.0 Å². The number of carbonyl (C=O) groups excluding carboxylic acids is 4. The number of ketones is 1. The van der Waals surface area contributed by atoms with Crippen LogP contribution in [0.2, 0.25) is 0 Å². The molecular formula is C40H52N4O9S. The fourth-order valence-corrected chi connectivity index (χ4v) is 9.61. The Morgan fingerprint density at radius 2 is 1.85 bits per heavy atom. The zero-order valence-corrected chi connectivity index (χ0v) is 32.5. The van der Waals surface area contributed by atoms with Gasteiger partial charge in [-0.3, -0.25) is 23.9 Å². The third kappa shape index (κ3) is 7.99. The van der Waals surface area contributed by atoms with Gasteiger partial charge in [-0.1, -0.05) is 39.7 Å². The highest BCUT2D eigenvalue weighted by atomic mass is 32.2. The van der Waals surface area contributed by atoms with Gasteiger partial charge >= 0.3 is 5.97 Å². The van der Waals surface area contributed by atoms with E-state index >= 15 is 0 Å². The third-order valence-electron chi connectivity index (χ3n) is 12.0. The summed E-state index contributed by atoms with van der Waals surface area (Å²) in [5.74, 6) is -1.86. The highest BCUT2D eigenvalue weighted by molar-refractivity contribution is 7.90. The van der Waals surface area contributed by atoms with Gasteiger partial charge in [-0.05, 0) is 74.3 Å². The van der Waals surface area contributed by atoms with Crippen LogP contribution in [0.25, 0.3) is 11.0 Å². The molecule has 3 heterocycles. The van der Waals surface area contributed by atoms with Crippen molar-refractivity contribution in [1.82, 2.24) is 19.6 Å². The van der Waals surface area contributed by atoms with Crippen LogP contribution < -0.4 is 14.2 Å². The van der Waals surface area contributed by atoms with Gasteiger partial charge in [0.05, 0.1) is 53.7 Å².